The van der Waals surface area contributed by atoms with Gasteiger partial charge in [0.2, 0.25) is 0 Å². The second-order valence-electron chi connectivity index (χ2n) is 5.28. The minimum Gasteiger partial charge on any atom is -0.348 e. The number of amides is 1. The summed E-state index contributed by atoms with van der Waals surface area (Å²) in [6.45, 7) is 2.07. The highest BCUT2D eigenvalue weighted by molar-refractivity contribution is 5.94. The molecule has 4 nitrogen and oxygen atoms in total. The first-order chi connectivity index (χ1) is 11.1. The minimum absolute atomic E-state index is 0.163. The van der Waals surface area contributed by atoms with Crippen molar-refractivity contribution in [3.05, 3.63) is 83.7 Å². The Hall–Kier alpha value is -2.95. The van der Waals surface area contributed by atoms with E-state index in [1.54, 1.807) is 43.7 Å². The number of hydrogen-bond acceptors (Lipinski definition) is 2. The lowest BCUT2D eigenvalue weighted by atomic mass is 10.1. The van der Waals surface area contributed by atoms with Crippen molar-refractivity contribution in [3.8, 4) is 5.69 Å². The molecular formula is C18H16FN3O. The summed E-state index contributed by atoms with van der Waals surface area (Å²) in [5.41, 5.74) is 2.95. The third-order valence-corrected chi connectivity index (χ3v) is 3.61. The molecule has 1 amide bonds. The van der Waals surface area contributed by atoms with Gasteiger partial charge in [-0.25, -0.2) is 9.37 Å². The summed E-state index contributed by atoms with van der Waals surface area (Å²) >= 11 is 0. The first-order valence-corrected chi connectivity index (χ1v) is 7.25. The molecule has 5 heteroatoms. The van der Waals surface area contributed by atoms with E-state index < -0.39 is 0 Å². The predicted octanol–water partition coefficient (Wildman–Crippen LogP) is 3.25. The van der Waals surface area contributed by atoms with Gasteiger partial charge in [0.15, 0.2) is 0 Å². The molecule has 0 aliphatic carbocycles. The first-order valence-electron chi connectivity index (χ1n) is 7.25. The number of nitrogens with zero attached hydrogens (tertiary/aromatic N) is 2. The third kappa shape index (κ3) is 3.45. The lowest BCUT2D eigenvalue weighted by molar-refractivity contribution is 0.0951. The van der Waals surface area contributed by atoms with Crippen molar-refractivity contribution in [2.24, 2.45) is 0 Å². The maximum absolute atomic E-state index is 13.2. The smallest absolute Gasteiger partial charge is 0.251 e. The van der Waals surface area contributed by atoms with E-state index in [-0.39, 0.29) is 11.7 Å². The predicted molar refractivity (Wildman–Crippen MR) is 85.9 cm³/mol. The van der Waals surface area contributed by atoms with Crippen LogP contribution in [0.15, 0.2) is 61.2 Å². The fourth-order valence-corrected chi connectivity index (χ4v) is 2.30. The molecule has 0 bridgehead atoms. The number of imidazole rings is 1. The van der Waals surface area contributed by atoms with E-state index in [0.29, 0.717) is 17.7 Å². The van der Waals surface area contributed by atoms with Gasteiger partial charge in [-0.05, 0) is 48.4 Å². The topological polar surface area (TPSA) is 46.9 Å². The molecule has 0 saturated carbocycles. The molecule has 0 fully saturated rings. The van der Waals surface area contributed by atoms with Crippen LogP contribution in [0.25, 0.3) is 5.69 Å². The second kappa shape index (κ2) is 6.44. The molecule has 0 saturated heterocycles. The van der Waals surface area contributed by atoms with Crippen molar-refractivity contribution in [1.29, 1.82) is 0 Å². The number of carbonyl (C=O) groups excluding carboxylic acids is 1. The van der Waals surface area contributed by atoms with Gasteiger partial charge in [-0.1, -0.05) is 12.1 Å². The zero-order valence-electron chi connectivity index (χ0n) is 12.7. The molecule has 116 valence electrons. The first kappa shape index (κ1) is 15.0. The number of benzene rings is 2. The van der Waals surface area contributed by atoms with Crippen LogP contribution in [-0.2, 0) is 6.54 Å². The van der Waals surface area contributed by atoms with Crippen LogP contribution in [0, 0.1) is 12.7 Å². The van der Waals surface area contributed by atoms with Crippen molar-refractivity contribution in [1.82, 2.24) is 14.9 Å². The Balaban J connectivity index is 1.65. The largest absolute Gasteiger partial charge is 0.348 e. The highest BCUT2D eigenvalue weighted by atomic mass is 19.1. The van der Waals surface area contributed by atoms with Crippen molar-refractivity contribution in [3.63, 3.8) is 0 Å². The molecule has 0 aliphatic heterocycles. The number of carbonyl (C=O) groups is 1. The third-order valence-electron chi connectivity index (χ3n) is 3.61. The van der Waals surface area contributed by atoms with Gasteiger partial charge in [-0.15, -0.1) is 0 Å². The molecule has 23 heavy (non-hydrogen) atoms. The van der Waals surface area contributed by atoms with Crippen molar-refractivity contribution in [2.45, 2.75) is 13.5 Å². The van der Waals surface area contributed by atoms with Gasteiger partial charge in [0.1, 0.15) is 5.82 Å². The average molecular weight is 309 g/mol. The summed E-state index contributed by atoms with van der Waals surface area (Å²) in [5.74, 6) is -0.403. The molecule has 3 aromatic rings. The monoisotopic (exact) mass is 309 g/mol. The molecule has 0 unspecified atom stereocenters. The Morgan fingerprint density at radius 3 is 2.65 bits per heavy atom. The molecule has 1 heterocycles. The summed E-state index contributed by atoms with van der Waals surface area (Å²) in [6.07, 6.45) is 5.24. The zero-order valence-corrected chi connectivity index (χ0v) is 12.7. The van der Waals surface area contributed by atoms with Crippen LogP contribution in [-0.4, -0.2) is 15.5 Å². The van der Waals surface area contributed by atoms with Crippen LogP contribution in [0.1, 0.15) is 21.5 Å². The molecule has 0 atom stereocenters. The molecule has 3 rings (SSSR count). The molecular weight excluding hydrogens is 293 g/mol. The number of halogens is 1. The van der Waals surface area contributed by atoms with E-state index in [2.05, 4.69) is 10.3 Å². The van der Waals surface area contributed by atoms with E-state index in [4.69, 9.17) is 0 Å². The molecule has 0 radical (unpaired) electrons. The average Bonchev–Trinajstić information content (AvgIpc) is 3.10. The lowest BCUT2D eigenvalue weighted by Crippen LogP contribution is -2.22. The fourth-order valence-electron chi connectivity index (χ4n) is 2.30. The van der Waals surface area contributed by atoms with E-state index in [9.17, 15) is 9.18 Å². The Morgan fingerprint density at radius 2 is 2.00 bits per heavy atom. The second-order valence-corrected chi connectivity index (χ2v) is 5.28. The Bertz CT molecular complexity index is 811. The van der Waals surface area contributed by atoms with Crippen molar-refractivity contribution < 1.29 is 9.18 Å². The van der Waals surface area contributed by atoms with Crippen molar-refractivity contribution in [2.75, 3.05) is 0 Å². The quantitative estimate of drug-likeness (QED) is 0.804. The molecule has 1 aromatic heterocycles. The Kier molecular flexibility index (Phi) is 4.19. The highest BCUT2D eigenvalue weighted by Gasteiger charge is 2.06. The summed E-state index contributed by atoms with van der Waals surface area (Å²) in [5, 5.41) is 2.84. The van der Waals surface area contributed by atoms with Crippen molar-refractivity contribution >= 4 is 5.91 Å². The van der Waals surface area contributed by atoms with Gasteiger partial charge in [0.25, 0.3) is 5.91 Å². The number of aromatic nitrogens is 2. The van der Waals surface area contributed by atoms with Crippen LogP contribution in [0.4, 0.5) is 4.39 Å². The Labute approximate surface area is 133 Å². The van der Waals surface area contributed by atoms with E-state index in [1.165, 1.54) is 6.07 Å². The van der Waals surface area contributed by atoms with Crippen LogP contribution < -0.4 is 5.32 Å². The van der Waals surface area contributed by atoms with Crippen LogP contribution in [0.2, 0.25) is 0 Å². The van der Waals surface area contributed by atoms with Gasteiger partial charge in [0, 0.05) is 30.2 Å². The van der Waals surface area contributed by atoms with Crippen LogP contribution in [0.5, 0.6) is 0 Å². The van der Waals surface area contributed by atoms with Crippen LogP contribution in [0.3, 0.4) is 0 Å². The number of rotatable bonds is 4. The van der Waals surface area contributed by atoms with E-state index in [1.807, 2.05) is 22.9 Å². The molecule has 0 aliphatic rings. The number of hydrogen-bond donors (Lipinski definition) is 1. The highest BCUT2D eigenvalue weighted by Crippen LogP contribution is 2.11. The molecule has 1 N–H and O–H groups in total. The maximum atomic E-state index is 13.2. The lowest BCUT2D eigenvalue weighted by Gasteiger charge is -2.08. The maximum Gasteiger partial charge on any atom is 0.251 e. The van der Waals surface area contributed by atoms with Gasteiger partial charge >= 0.3 is 0 Å². The summed E-state index contributed by atoms with van der Waals surface area (Å²) in [6, 6.07) is 12.1. The standard InChI is InChI=1S/C18H16FN3O/c1-13-10-14(2-7-17(13)19)11-21-18(23)15-3-5-16(6-4-15)22-9-8-20-12-22/h2-10,12H,11H2,1H3,(H,21,23). The van der Waals surface area contributed by atoms with Gasteiger partial charge in [-0.3, -0.25) is 4.79 Å². The summed E-state index contributed by atoms with van der Waals surface area (Å²) in [4.78, 5) is 16.2. The van der Waals surface area contributed by atoms with E-state index >= 15 is 0 Å². The zero-order chi connectivity index (χ0) is 16.2. The normalized spacial score (nSPS) is 10.5. The SMILES string of the molecule is Cc1cc(CNC(=O)c2ccc(-n3ccnc3)cc2)ccc1F. The Morgan fingerprint density at radius 1 is 1.22 bits per heavy atom. The summed E-state index contributed by atoms with van der Waals surface area (Å²) in [7, 11) is 0. The minimum atomic E-state index is -0.241. The van der Waals surface area contributed by atoms with Gasteiger partial charge in [0.05, 0.1) is 6.33 Å². The fraction of sp³-hybridized carbons (Fsp3) is 0.111. The number of aryl methyl sites for hydroxylation is 1. The van der Waals surface area contributed by atoms with Crippen LogP contribution >= 0.6 is 0 Å². The molecule has 2 aromatic carbocycles. The van der Waals surface area contributed by atoms with E-state index in [0.717, 1.165) is 11.3 Å². The summed E-state index contributed by atoms with van der Waals surface area (Å²) < 4.78 is 15.1. The molecule has 0 spiro atoms. The van der Waals surface area contributed by atoms with Gasteiger partial charge in [-0.2, -0.15) is 0 Å². The number of nitrogens with one attached hydrogen (secondary N) is 1. The van der Waals surface area contributed by atoms with Gasteiger partial charge < -0.3 is 9.88 Å².